The summed E-state index contributed by atoms with van der Waals surface area (Å²) in [7, 11) is 3.97. The first kappa shape index (κ1) is 12.4. The van der Waals surface area contributed by atoms with Gasteiger partial charge in [-0.15, -0.1) is 0 Å². The minimum absolute atomic E-state index is 0.0646. The lowest BCUT2D eigenvalue weighted by molar-refractivity contribution is 0.633. The third kappa shape index (κ3) is 3.20. The SMILES string of the molecule is CN(C)C=NC(c1ccccc1)c1ccccc1. The minimum Gasteiger partial charge on any atom is -0.369 e. The van der Waals surface area contributed by atoms with Crippen molar-refractivity contribution in [3.8, 4) is 0 Å². The van der Waals surface area contributed by atoms with E-state index < -0.39 is 0 Å². The molecule has 0 N–H and O–H groups in total. The smallest absolute Gasteiger partial charge is 0.102 e. The van der Waals surface area contributed by atoms with Crippen LogP contribution in [0, 0.1) is 0 Å². The van der Waals surface area contributed by atoms with Gasteiger partial charge in [-0.05, 0) is 11.1 Å². The largest absolute Gasteiger partial charge is 0.369 e. The van der Waals surface area contributed by atoms with Crippen molar-refractivity contribution in [3.05, 3.63) is 71.8 Å². The Morgan fingerprint density at radius 1 is 0.833 bits per heavy atom. The Balaban J connectivity index is 2.35. The summed E-state index contributed by atoms with van der Waals surface area (Å²) in [5.41, 5.74) is 2.42. The van der Waals surface area contributed by atoms with Crippen LogP contribution in [0.25, 0.3) is 0 Å². The zero-order chi connectivity index (χ0) is 12.8. The van der Waals surface area contributed by atoms with Crippen molar-refractivity contribution in [1.82, 2.24) is 4.90 Å². The zero-order valence-electron chi connectivity index (χ0n) is 10.8. The molecule has 0 amide bonds. The quantitative estimate of drug-likeness (QED) is 0.589. The van der Waals surface area contributed by atoms with Crippen LogP contribution in [-0.2, 0) is 0 Å². The first-order valence-electron chi connectivity index (χ1n) is 6.07. The topological polar surface area (TPSA) is 15.6 Å². The van der Waals surface area contributed by atoms with Gasteiger partial charge in [0.2, 0.25) is 0 Å². The van der Waals surface area contributed by atoms with E-state index in [-0.39, 0.29) is 6.04 Å². The second kappa shape index (κ2) is 6.01. The molecule has 2 aromatic carbocycles. The standard InChI is InChI=1S/C16H18N2/c1-18(2)13-17-16(14-9-5-3-6-10-14)15-11-7-4-8-12-15/h3-13,16H,1-2H3. The number of benzene rings is 2. The van der Waals surface area contributed by atoms with Crippen molar-refractivity contribution in [3.63, 3.8) is 0 Å². The van der Waals surface area contributed by atoms with Crippen molar-refractivity contribution in [1.29, 1.82) is 0 Å². The maximum Gasteiger partial charge on any atom is 0.102 e. The van der Waals surface area contributed by atoms with Crippen LogP contribution in [0.5, 0.6) is 0 Å². The fourth-order valence-electron chi connectivity index (χ4n) is 1.84. The second-order valence-electron chi connectivity index (χ2n) is 4.45. The van der Waals surface area contributed by atoms with Crippen LogP contribution in [0.4, 0.5) is 0 Å². The molecule has 0 unspecified atom stereocenters. The maximum absolute atomic E-state index is 4.66. The summed E-state index contributed by atoms with van der Waals surface area (Å²) in [6.45, 7) is 0. The summed E-state index contributed by atoms with van der Waals surface area (Å²) in [5.74, 6) is 0. The van der Waals surface area contributed by atoms with Crippen molar-refractivity contribution in [2.75, 3.05) is 14.1 Å². The Bertz CT molecular complexity index is 450. The van der Waals surface area contributed by atoms with E-state index in [2.05, 4.69) is 53.5 Å². The lowest BCUT2D eigenvalue weighted by Gasteiger charge is -2.14. The van der Waals surface area contributed by atoms with Crippen LogP contribution in [0.15, 0.2) is 65.7 Å². The van der Waals surface area contributed by atoms with Crippen LogP contribution in [0.1, 0.15) is 17.2 Å². The van der Waals surface area contributed by atoms with Crippen molar-refractivity contribution in [2.24, 2.45) is 4.99 Å². The molecule has 0 fully saturated rings. The Hall–Kier alpha value is -2.09. The molecular formula is C16H18N2. The van der Waals surface area contributed by atoms with Gasteiger partial charge in [-0.25, -0.2) is 0 Å². The first-order chi connectivity index (χ1) is 8.77. The lowest BCUT2D eigenvalue weighted by Crippen LogP contribution is -2.10. The van der Waals surface area contributed by atoms with Crippen LogP contribution in [0.3, 0.4) is 0 Å². The molecule has 0 heterocycles. The molecule has 2 rings (SSSR count). The Morgan fingerprint density at radius 3 is 1.67 bits per heavy atom. The average molecular weight is 238 g/mol. The maximum atomic E-state index is 4.66. The van der Waals surface area contributed by atoms with Gasteiger partial charge in [0, 0.05) is 14.1 Å². The molecule has 92 valence electrons. The lowest BCUT2D eigenvalue weighted by atomic mass is 9.99. The van der Waals surface area contributed by atoms with E-state index in [4.69, 9.17) is 0 Å². The number of hydrogen-bond acceptors (Lipinski definition) is 1. The number of aliphatic imine (C=N–C) groups is 1. The Morgan fingerprint density at radius 2 is 1.28 bits per heavy atom. The van der Waals surface area contributed by atoms with Crippen molar-refractivity contribution >= 4 is 6.34 Å². The summed E-state index contributed by atoms with van der Waals surface area (Å²) in [4.78, 5) is 6.62. The van der Waals surface area contributed by atoms with Crippen molar-refractivity contribution in [2.45, 2.75) is 6.04 Å². The number of nitrogens with zero attached hydrogens (tertiary/aromatic N) is 2. The summed E-state index contributed by atoms with van der Waals surface area (Å²) in [6, 6.07) is 20.8. The van der Waals surface area contributed by atoms with Crippen LogP contribution in [-0.4, -0.2) is 25.3 Å². The van der Waals surface area contributed by atoms with Crippen LogP contribution < -0.4 is 0 Å². The molecular weight excluding hydrogens is 220 g/mol. The fourth-order valence-corrected chi connectivity index (χ4v) is 1.84. The predicted molar refractivity (Wildman–Crippen MR) is 76.9 cm³/mol. The Kier molecular flexibility index (Phi) is 4.13. The van der Waals surface area contributed by atoms with Gasteiger partial charge in [0.25, 0.3) is 0 Å². The van der Waals surface area contributed by atoms with E-state index in [9.17, 15) is 0 Å². The monoisotopic (exact) mass is 238 g/mol. The highest BCUT2D eigenvalue weighted by atomic mass is 15.1. The second-order valence-corrected chi connectivity index (χ2v) is 4.45. The van der Waals surface area contributed by atoms with Gasteiger partial charge in [0.05, 0.1) is 6.34 Å². The average Bonchev–Trinajstić information content (AvgIpc) is 2.41. The highest BCUT2D eigenvalue weighted by Gasteiger charge is 2.10. The van der Waals surface area contributed by atoms with Gasteiger partial charge < -0.3 is 4.90 Å². The molecule has 18 heavy (non-hydrogen) atoms. The van der Waals surface area contributed by atoms with E-state index in [1.807, 2.05) is 37.5 Å². The molecule has 0 aromatic heterocycles. The highest BCUT2D eigenvalue weighted by molar-refractivity contribution is 5.55. The predicted octanol–water partition coefficient (Wildman–Crippen LogP) is 3.37. The van der Waals surface area contributed by atoms with Crippen molar-refractivity contribution < 1.29 is 0 Å². The van der Waals surface area contributed by atoms with E-state index in [0.717, 1.165) is 0 Å². The number of rotatable bonds is 4. The van der Waals surface area contributed by atoms with Gasteiger partial charge >= 0.3 is 0 Å². The molecule has 0 spiro atoms. The molecule has 0 aliphatic rings. The Labute approximate surface area is 109 Å². The molecule has 0 atom stereocenters. The summed E-state index contributed by atoms with van der Waals surface area (Å²) in [6.07, 6.45) is 1.87. The molecule has 0 radical (unpaired) electrons. The molecule has 2 heteroatoms. The van der Waals surface area contributed by atoms with Gasteiger partial charge in [-0.1, -0.05) is 60.7 Å². The normalized spacial score (nSPS) is 11.1. The van der Waals surface area contributed by atoms with Gasteiger partial charge in [-0.3, -0.25) is 4.99 Å². The third-order valence-electron chi connectivity index (χ3n) is 2.68. The first-order valence-corrected chi connectivity index (χ1v) is 6.07. The van der Waals surface area contributed by atoms with E-state index in [0.29, 0.717) is 0 Å². The van der Waals surface area contributed by atoms with E-state index in [1.54, 1.807) is 0 Å². The van der Waals surface area contributed by atoms with E-state index in [1.165, 1.54) is 11.1 Å². The van der Waals surface area contributed by atoms with Gasteiger partial charge in [0.15, 0.2) is 0 Å². The third-order valence-corrected chi connectivity index (χ3v) is 2.68. The summed E-state index contributed by atoms with van der Waals surface area (Å²) < 4.78 is 0. The van der Waals surface area contributed by atoms with Crippen LogP contribution >= 0.6 is 0 Å². The highest BCUT2D eigenvalue weighted by Crippen LogP contribution is 2.25. The molecule has 2 nitrogen and oxygen atoms in total. The summed E-state index contributed by atoms with van der Waals surface area (Å²) in [5, 5.41) is 0. The van der Waals surface area contributed by atoms with Crippen LogP contribution in [0.2, 0.25) is 0 Å². The van der Waals surface area contributed by atoms with E-state index >= 15 is 0 Å². The zero-order valence-corrected chi connectivity index (χ0v) is 10.8. The minimum atomic E-state index is 0.0646. The molecule has 0 aliphatic heterocycles. The summed E-state index contributed by atoms with van der Waals surface area (Å²) >= 11 is 0. The van der Waals surface area contributed by atoms with Gasteiger partial charge in [0.1, 0.15) is 6.04 Å². The van der Waals surface area contributed by atoms with Gasteiger partial charge in [-0.2, -0.15) is 0 Å². The molecule has 0 saturated carbocycles. The number of hydrogen-bond donors (Lipinski definition) is 0. The molecule has 2 aromatic rings. The molecule has 0 aliphatic carbocycles. The molecule has 0 bridgehead atoms. The fraction of sp³-hybridized carbons (Fsp3) is 0.188. The molecule has 0 saturated heterocycles.